The summed E-state index contributed by atoms with van der Waals surface area (Å²) in [5, 5.41) is 8.90. The van der Waals surface area contributed by atoms with Crippen LogP contribution in [-0.4, -0.2) is 45.3 Å². The molecular weight excluding hydrogens is 270 g/mol. The molecule has 0 bridgehead atoms. The van der Waals surface area contributed by atoms with Crippen LogP contribution >= 0.6 is 0 Å². The van der Waals surface area contributed by atoms with Crippen LogP contribution in [0.15, 0.2) is 12.4 Å². The molecule has 114 valence electrons. The number of carbonyl (C=O) groups is 1. The Kier molecular flexibility index (Phi) is 3.36. The van der Waals surface area contributed by atoms with Crippen LogP contribution in [0.5, 0.6) is 0 Å². The van der Waals surface area contributed by atoms with Gasteiger partial charge in [0, 0.05) is 13.1 Å². The SMILES string of the molecule is CC1(C)CN(c2cnc(C(=O)O)cn2)CC2(CCCC2)O1. The molecule has 2 fully saturated rings. The fraction of sp³-hybridized carbons (Fsp3) is 0.667. The Morgan fingerprint density at radius 1 is 1.24 bits per heavy atom. The van der Waals surface area contributed by atoms with Crippen LogP contribution in [0.25, 0.3) is 0 Å². The normalized spacial score (nSPS) is 23.4. The third-order valence-electron chi connectivity index (χ3n) is 4.24. The van der Waals surface area contributed by atoms with Gasteiger partial charge in [-0.1, -0.05) is 12.8 Å². The van der Waals surface area contributed by atoms with Crippen molar-refractivity contribution in [1.82, 2.24) is 9.97 Å². The molecule has 0 radical (unpaired) electrons. The summed E-state index contributed by atoms with van der Waals surface area (Å²) in [6, 6.07) is 0. The van der Waals surface area contributed by atoms with E-state index >= 15 is 0 Å². The van der Waals surface area contributed by atoms with Gasteiger partial charge in [0.2, 0.25) is 0 Å². The van der Waals surface area contributed by atoms with Crippen molar-refractivity contribution < 1.29 is 14.6 Å². The molecule has 3 rings (SSSR count). The van der Waals surface area contributed by atoms with Gasteiger partial charge in [-0.25, -0.2) is 14.8 Å². The quantitative estimate of drug-likeness (QED) is 0.899. The number of aromatic nitrogens is 2. The summed E-state index contributed by atoms with van der Waals surface area (Å²) in [5.74, 6) is -0.328. The lowest BCUT2D eigenvalue weighted by Gasteiger charge is -2.49. The summed E-state index contributed by atoms with van der Waals surface area (Å²) < 4.78 is 6.35. The number of carboxylic acid groups (broad SMARTS) is 1. The van der Waals surface area contributed by atoms with Crippen LogP contribution in [-0.2, 0) is 4.74 Å². The number of carboxylic acids is 1. The van der Waals surface area contributed by atoms with E-state index in [-0.39, 0.29) is 16.9 Å². The summed E-state index contributed by atoms with van der Waals surface area (Å²) >= 11 is 0. The summed E-state index contributed by atoms with van der Waals surface area (Å²) in [6.45, 7) is 5.73. The van der Waals surface area contributed by atoms with E-state index in [0.29, 0.717) is 0 Å². The molecule has 0 amide bonds. The predicted molar refractivity (Wildman–Crippen MR) is 77.6 cm³/mol. The summed E-state index contributed by atoms with van der Waals surface area (Å²) in [5.41, 5.74) is -0.355. The van der Waals surface area contributed by atoms with E-state index in [4.69, 9.17) is 9.84 Å². The lowest BCUT2D eigenvalue weighted by Crippen LogP contribution is -2.59. The summed E-state index contributed by atoms with van der Waals surface area (Å²) in [7, 11) is 0. The fourth-order valence-corrected chi connectivity index (χ4v) is 3.55. The van der Waals surface area contributed by atoms with Crippen molar-refractivity contribution >= 4 is 11.8 Å². The van der Waals surface area contributed by atoms with Gasteiger partial charge in [-0.05, 0) is 26.7 Å². The zero-order valence-corrected chi connectivity index (χ0v) is 12.5. The van der Waals surface area contributed by atoms with E-state index < -0.39 is 5.97 Å². The van der Waals surface area contributed by atoms with Crippen molar-refractivity contribution in [2.45, 2.75) is 50.7 Å². The summed E-state index contributed by atoms with van der Waals surface area (Å²) in [6.07, 6.45) is 7.43. The zero-order valence-electron chi connectivity index (χ0n) is 12.5. The van der Waals surface area contributed by atoms with Crippen molar-refractivity contribution in [2.24, 2.45) is 0 Å². The van der Waals surface area contributed by atoms with Crippen LogP contribution in [0.3, 0.4) is 0 Å². The molecule has 6 nitrogen and oxygen atoms in total. The zero-order chi connectivity index (χ0) is 15.1. The second kappa shape index (κ2) is 4.94. The maximum absolute atomic E-state index is 10.9. The Bertz CT molecular complexity index is 536. The maximum Gasteiger partial charge on any atom is 0.356 e. The number of ether oxygens (including phenoxy) is 1. The molecule has 21 heavy (non-hydrogen) atoms. The van der Waals surface area contributed by atoms with Gasteiger partial charge in [0.1, 0.15) is 5.82 Å². The van der Waals surface area contributed by atoms with Crippen molar-refractivity contribution in [3.05, 3.63) is 18.1 Å². The van der Waals surface area contributed by atoms with Gasteiger partial charge in [-0.3, -0.25) is 0 Å². The number of morpholine rings is 1. The van der Waals surface area contributed by atoms with Gasteiger partial charge in [-0.2, -0.15) is 0 Å². The van der Waals surface area contributed by atoms with Crippen LogP contribution in [0.4, 0.5) is 5.82 Å². The highest BCUT2D eigenvalue weighted by Crippen LogP contribution is 2.41. The van der Waals surface area contributed by atoms with E-state index in [1.807, 2.05) is 0 Å². The van der Waals surface area contributed by atoms with Crippen LogP contribution in [0.1, 0.15) is 50.0 Å². The van der Waals surface area contributed by atoms with Crippen molar-refractivity contribution in [2.75, 3.05) is 18.0 Å². The monoisotopic (exact) mass is 291 g/mol. The fourth-order valence-electron chi connectivity index (χ4n) is 3.55. The third kappa shape index (κ3) is 2.85. The van der Waals surface area contributed by atoms with E-state index in [2.05, 4.69) is 28.7 Å². The number of nitrogens with zero attached hydrogens (tertiary/aromatic N) is 3. The van der Waals surface area contributed by atoms with Crippen molar-refractivity contribution in [1.29, 1.82) is 0 Å². The molecule has 2 heterocycles. The maximum atomic E-state index is 10.9. The largest absolute Gasteiger partial charge is 0.476 e. The smallest absolute Gasteiger partial charge is 0.356 e. The lowest BCUT2D eigenvalue weighted by atomic mass is 9.94. The minimum atomic E-state index is -1.05. The van der Waals surface area contributed by atoms with Crippen LogP contribution in [0, 0.1) is 0 Å². The van der Waals surface area contributed by atoms with E-state index in [1.54, 1.807) is 6.20 Å². The highest BCUT2D eigenvalue weighted by Gasteiger charge is 2.46. The molecule has 1 saturated heterocycles. The van der Waals surface area contributed by atoms with Crippen molar-refractivity contribution in [3.63, 3.8) is 0 Å². The highest BCUT2D eigenvalue weighted by molar-refractivity contribution is 5.84. The molecule has 1 N–H and O–H groups in total. The topological polar surface area (TPSA) is 75.6 Å². The number of aromatic carboxylic acids is 1. The number of hydrogen-bond donors (Lipinski definition) is 1. The Balaban J connectivity index is 1.85. The number of hydrogen-bond acceptors (Lipinski definition) is 5. The molecule has 1 aromatic rings. The predicted octanol–water partition coefficient (Wildman–Crippen LogP) is 2.10. The Morgan fingerprint density at radius 2 is 1.95 bits per heavy atom. The molecule has 1 aliphatic heterocycles. The minimum absolute atomic E-state index is 0.0261. The molecule has 1 saturated carbocycles. The Morgan fingerprint density at radius 3 is 2.52 bits per heavy atom. The Labute approximate surface area is 124 Å². The molecule has 2 aliphatic rings. The molecule has 0 atom stereocenters. The molecule has 1 aromatic heterocycles. The minimum Gasteiger partial charge on any atom is -0.476 e. The van der Waals surface area contributed by atoms with E-state index in [1.165, 1.54) is 19.0 Å². The van der Waals surface area contributed by atoms with Crippen LogP contribution < -0.4 is 4.90 Å². The first-order valence-electron chi connectivity index (χ1n) is 7.40. The van der Waals surface area contributed by atoms with Gasteiger partial charge in [0.15, 0.2) is 5.69 Å². The van der Waals surface area contributed by atoms with E-state index in [9.17, 15) is 4.79 Å². The summed E-state index contributed by atoms with van der Waals surface area (Å²) in [4.78, 5) is 21.3. The van der Waals surface area contributed by atoms with Gasteiger partial charge < -0.3 is 14.7 Å². The lowest BCUT2D eigenvalue weighted by molar-refractivity contribution is -0.148. The first kappa shape index (κ1) is 14.3. The molecule has 1 aliphatic carbocycles. The molecule has 0 unspecified atom stereocenters. The second-order valence-electron chi connectivity index (χ2n) is 6.67. The molecule has 0 aromatic carbocycles. The van der Waals surface area contributed by atoms with Crippen molar-refractivity contribution in [3.8, 4) is 0 Å². The second-order valence-corrected chi connectivity index (χ2v) is 6.67. The average molecular weight is 291 g/mol. The third-order valence-corrected chi connectivity index (χ3v) is 4.24. The van der Waals surface area contributed by atoms with Gasteiger partial charge >= 0.3 is 5.97 Å². The van der Waals surface area contributed by atoms with Gasteiger partial charge in [0.25, 0.3) is 0 Å². The number of rotatable bonds is 2. The Hall–Kier alpha value is -1.69. The van der Waals surface area contributed by atoms with Crippen LogP contribution in [0.2, 0.25) is 0 Å². The highest BCUT2D eigenvalue weighted by atomic mass is 16.5. The molecule has 6 heteroatoms. The average Bonchev–Trinajstić information content (AvgIpc) is 2.84. The first-order valence-corrected chi connectivity index (χ1v) is 7.40. The molecular formula is C15H21N3O3. The van der Waals surface area contributed by atoms with E-state index in [0.717, 1.165) is 31.7 Å². The van der Waals surface area contributed by atoms with Gasteiger partial charge in [0.05, 0.1) is 23.6 Å². The standard InChI is InChI=1S/C15H21N3O3/c1-14(2)9-18(10-15(21-14)5-3-4-6-15)12-8-16-11(7-17-12)13(19)20/h7-8H,3-6,9-10H2,1-2H3,(H,19,20). The molecule has 1 spiro atoms. The number of anilines is 1. The van der Waals surface area contributed by atoms with Gasteiger partial charge in [-0.15, -0.1) is 0 Å². The first-order chi connectivity index (χ1) is 9.89.